The number of alkyl halides is 6. The normalized spacial score (nSPS) is 19.0. The lowest BCUT2D eigenvalue weighted by molar-refractivity contribution is -0.153. The molecule has 0 saturated carbocycles. The zero-order chi connectivity index (χ0) is 27.0. The molecule has 2 rings (SSSR count). The first-order valence-corrected chi connectivity index (χ1v) is 13.4. The van der Waals surface area contributed by atoms with Gasteiger partial charge in [-0.15, -0.1) is 0 Å². The standard InChI is InChI=1S/C18H25F6N3O6S2/c1-5-35(30,31)26-6-7-27(13(10-26)17(19,20)21)14-8-12(9-15(25-14)33-16(2,3)4)32-11-34(28,29)18(22,23)24/h8-9,13H,5-7,10-11H2,1-4H3. The maximum atomic E-state index is 13.9. The number of hydrogen-bond donors (Lipinski definition) is 0. The molecule has 1 atom stereocenters. The van der Waals surface area contributed by atoms with Gasteiger partial charge in [0.2, 0.25) is 15.9 Å². The number of halogens is 6. The van der Waals surface area contributed by atoms with Crippen molar-refractivity contribution in [1.29, 1.82) is 0 Å². The van der Waals surface area contributed by atoms with Crippen LogP contribution in [0.4, 0.5) is 32.2 Å². The molecule has 1 fully saturated rings. The molecule has 17 heteroatoms. The van der Waals surface area contributed by atoms with E-state index in [1.54, 1.807) is 20.8 Å². The molecule has 0 N–H and O–H groups in total. The monoisotopic (exact) mass is 557 g/mol. The van der Waals surface area contributed by atoms with Crippen LogP contribution in [0.15, 0.2) is 12.1 Å². The van der Waals surface area contributed by atoms with Crippen LogP contribution in [-0.4, -0.2) is 80.8 Å². The third-order valence-electron chi connectivity index (χ3n) is 4.68. The summed E-state index contributed by atoms with van der Waals surface area (Å²) in [6.45, 7) is 4.29. The third-order valence-corrected chi connectivity index (χ3v) is 7.66. The predicted octanol–water partition coefficient (Wildman–Crippen LogP) is 2.93. The number of rotatable bonds is 7. The largest absolute Gasteiger partial charge is 0.500 e. The van der Waals surface area contributed by atoms with E-state index >= 15 is 0 Å². The zero-order valence-corrected chi connectivity index (χ0v) is 20.8. The Kier molecular flexibility index (Phi) is 8.18. The van der Waals surface area contributed by atoms with Gasteiger partial charge in [0.1, 0.15) is 23.2 Å². The molecular formula is C18H25F6N3O6S2. The highest BCUT2D eigenvalue weighted by Crippen LogP contribution is 2.35. The Morgan fingerprint density at radius 2 is 1.63 bits per heavy atom. The highest BCUT2D eigenvalue weighted by molar-refractivity contribution is 7.92. The van der Waals surface area contributed by atoms with Crippen LogP contribution in [0.3, 0.4) is 0 Å². The van der Waals surface area contributed by atoms with Crippen LogP contribution >= 0.6 is 0 Å². The number of ether oxygens (including phenoxy) is 2. The number of sulfone groups is 1. The van der Waals surface area contributed by atoms with E-state index in [-0.39, 0.29) is 12.4 Å². The van der Waals surface area contributed by atoms with Crippen molar-refractivity contribution in [2.24, 2.45) is 0 Å². The van der Waals surface area contributed by atoms with Crippen LogP contribution in [-0.2, 0) is 19.9 Å². The molecule has 1 aliphatic heterocycles. The summed E-state index contributed by atoms with van der Waals surface area (Å²) >= 11 is 0. The van der Waals surface area contributed by atoms with E-state index in [2.05, 4.69) is 4.98 Å². The van der Waals surface area contributed by atoms with Crippen LogP contribution in [0.5, 0.6) is 11.6 Å². The van der Waals surface area contributed by atoms with Crippen molar-refractivity contribution < 1.29 is 52.7 Å². The van der Waals surface area contributed by atoms with Gasteiger partial charge in [0.15, 0.2) is 5.94 Å². The minimum atomic E-state index is -5.69. The first-order valence-electron chi connectivity index (χ1n) is 10.1. The van der Waals surface area contributed by atoms with Gasteiger partial charge in [-0.3, -0.25) is 0 Å². The van der Waals surface area contributed by atoms with E-state index < -0.39 is 79.5 Å². The molecule has 202 valence electrons. The van der Waals surface area contributed by atoms with Gasteiger partial charge in [0.05, 0.1) is 5.75 Å². The van der Waals surface area contributed by atoms with Gasteiger partial charge in [0.25, 0.3) is 9.84 Å². The van der Waals surface area contributed by atoms with Crippen LogP contribution in [0.2, 0.25) is 0 Å². The van der Waals surface area contributed by atoms with E-state index in [1.807, 2.05) is 0 Å². The van der Waals surface area contributed by atoms with E-state index in [4.69, 9.17) is 9.47 Å². The average Bonchev–Trinajstić information content (AvgIpc) is 2.69. The average molecular weight is 558 g/mol. The fourth-order valence-corrected chi connectivity index (χ4v) is 4.54. The molecule has 0 aliphatic carbocycles. The molecule has 1 aromatic rings. The van der Waals surface area contributed by atoms with Gasteiger partial charge in [-0.1, -0.05) is 0 Å². The molecule has 0 aromatic carbocycles. The number of piperazine rings is 1. The number of hydrogen-bond acceptors (Lipinski definition) is 8. The second-order valence-corrected chi connectivity index (χ2v) is 12.7. The van der Waals surface area contributed by atoms with Crippen molar-refractivity contribution in [3.63, 3.8) is 0 Å². The van der Waals surface area contributed by atoms with Crippen molar-refractivity contribution in [3.05, 3.63) is 12.1 Å². The van der Waals surface area contributed by atoms with E-state index in [9.17, 15) is 43.2 Å². The maximum Gasteiger partial charge on any atom is 0.500 e. The van der Waals surface area contributed by atoms with Crippen LogP contribution in [0.25, 0.3) is 0 Å². The summed E-state index contributed by atoms with van der Waals surface area (Å²) in [6.07, 6.45) is -4.91. The summed E-state index contributed by atoms with van der Waals surface area (Å²) in [7, 11) is -9.63. The van der Waals surface area contributed by atoms with E-state index in [0.29, 0.717) is 4.31 Å². The van der Waals surface area contributed by atoms with Gasteiger partial charge in [-0.2, -0.15) is 35.6 Å². The molecule has 0 radical (unpaired) electrons. The van der Waals surface area contributed by atoms with Gasteiger partial charge in [-0.25, -0.2) is 16.8 Å². The zero-order valence-electron chi connectivity index (χ0n) is 19.1. The fraction of sp³-hybridized carbons (Fsp3) is 0.722. The Labute approximate surface area is 199 Å². The second kappa shape index (κ2) is 9.80. The minimum Gasteiger partial charge on any atom is -0.477 e. The van der Waals surface area contributed by atoms with Crippen LogP contribution < -0.4 is 14.4 Å². The van der Waals surface area contributed by atoms with E-state index in [1.165, 1.54) is 6.92 Å². The lowest BCUT2D eigenvalue weighted by Crippen LogP contribution is -2.60. The summed E-state index contributed by atoms with van der Waals surface area (Å²) in [5, 5.41) is 0. The Morgan fingerprint density at radius 1 is 1.03 bits per heavy atom. The first kappa shape index (κ1) is 29.2. The van der Waals surface area contributed by atoms with E-state index in [0.717, 1.165) is 17.0 Å². The van der Waals surface area contributed by atoms with Crippen LogP contribution in [0.1, 0.15) is 27.7 Å². The van der Waals surface area contributed by atoms with Gasteiger partial charge < -0.3 is 14.4 Å². The molecule has 0 spiro atoms. The van der Waals surface area contributed by atoms with Gasteiger partial charge in [-0.05, 0) is 27.7 Å². The predicted molar refractivity (Wildman–Crippen MR) is 113 cm³/mol. The summed E-state index contributed by atoms with van der Waals surface area (Å²) < 4.78 is 138. The summed E-state index contributed by atoms with van der Waals surface area (Å²) in [6, 6.07) is -0.563. The Hall–Kier alpha value is -2.01. The summed E-state index contributed by atoms with van der Waals surface area (Å²) in [5.74, 6) is -3.54. The Morgan fingerprint density at radius 3 is 2.11 bits per heavy atom. The number of nitrogens with zero attached hydrogens (tertiary/aromatic N) is 3. The number of anilines is 1. The molecule has 1 aliphatic rings. The molecule has 2 heterocycles. The highest BCUT2D eigenvalue weighted by Gasteiger charge is 2.49. The molecule has 0 amide bonds. The smallest absolute Gasteiger partial charge is 0.477 e. The van der Waals surface area contributed by atoms with Crippen molar-refractivity contribution in [1.82, 2.24) is 9.29 Å². The first-order chi connectivity index (χ1) is 15.7. The maximum absolute atomic E-state index is 13.9. The lowest BCUT2D eigenvalue weighted by atomic mass is 10.1. The molecule has 1 aromatic heterocycles. The Bertz CT molecular complexity index is 1120. The van der Waals surface area contributed by atoms with Gasteiger partial charge in [0, 0.05) is 31.8 Å². The molecular weight excluding hydrogens is 532 g/mol. The van der Waals surface area contributed by atoms with Crippen molar-refractivity contribution in [3.8, 4) is 11.6 Å². The minimum absolute atomic E-state index is 0.312. The lowest BCUT2D eigenvalue weighted by Gasteiger charge is -2.42. The molecule has 9 nitrogen and oxygen atoms in total. The van der Waals surface area contributed by atoms with Crippen molar-refractivity contribution in [2.75, 3.05) is 36.2 Å². The van der Waals surface area contributed by atoms with Crippen molar-refractivity contribution >= 4 is 25.7 Å². The second-order valence-electron chi connectivity index (χ2n) is 8.55. The van der Waals surface area contributed by atoms with Crippen LogP contribution in [0, 0.1) is 0 Å². The SMILES string of the molecule is CCS(=O)(=O)N1CCN(c2cc(OCS(=O)(=O)C(F)(F)F)cc(OC(C)(C)C)n2)C(C(F)(F)F)C1. The van der Waals surface area contributed by atoms with Crippen molar-refractivity contribution in [2.45, 2.75) is 51.0 Å². The number of aromatic nitrogens is 1. The molecule has 1 saturated heterocycles. The van der Waals surface area contributed by atoms with Gasteiger partial charge >= 0.3 is 11.7 Å². The number of pyridine rings is 1. The summed E-state index contributed by atoms with van der Waals surface area (Å²) in [5.41, 5.74) is -6.53. The fourth-order valence-electron chi connectivity index (χ4n) is 3.02. The molecule has 0 bridgehead atoms. The number of sulfonamides is 1. The molecule has 1 unspecified atom stereocenters. The Balaban J connectivity index is 2.49. The third kappa shape index (κ3) is 7.49. The topological polar surface area (TPSA) is 106 Å². The summed E-state index contributed by atoms with van der Waals surface area (Å²) in [4.78, 5) is 4.72. The quantitative estimate of drug-likeness (QED) is 0.472. The molecule has 35 heavy (non-hydrogen) atoms. The highest BCUT2D eigenvalue weighted by atomic mass is 32.2.